The summed E-state index contributed by atoms with van der Waals surface area (Å²) >= 11 is 0. The van der Waals surface area contributed by atoms with Crippen molar-refractivity contribution in [3.05, 3.63) is 59.7 Å². The second-order valence-electron chi connectivity index (χ2n) is 5.81. The largest absolute Gasteiger partial charge is 0.497 e. The minimum absolute atomic E-state index is 0.0289. The number of hydrogen-bond donors (Lipinski definition) is 1. The zero-order valence-electron chi connectivity index (χ0n) is 14.9. The number of anilines is 1. The molecule has 9 heteroatoms. The summed E-state index contributed by atoms with van der Waals surface area (Å²) in [4.78, 5) is 12.0. The van der Waals surface area contributed by atoms with E-state index in [1.54, 1.807) is 31.4 Å². The molecule has 1 N–H and O–H groups in total. The number of ether oxygens (including phenoxy) is 1. The monoisotopic (exact) mass is 398 g/mol. The summed E-state index contributed by atoms with van der Waals surface area (Å²) in [7, 11) is -2.27. The molecule has 1 amide bonds. The molecule has 27 heavy (non-hydrogen) atoms. The van der Waals surface area contributed by atoms with Crippen molar-refractivity contribution < 1.29 is 26.7 Å². The van der Waals surface area contributed by atoms with E-state index in [2.05, 4.69) is 5.32 Å². The second kappa shape index (κ2) is 8.81. The van der Waals surface area contributed by atoms with Gasteiger partial charge in [0, 0.05) is 12.6 Å². The Balaban J connectivity index is 1.97. The Hall–Kier alpha value is -2.68. The zero-order chi connectivity index (χ0) is 20.0. The molecule has 0 radical (unpaired) electrons. The molecule has 2 aromatic carbocycles. The van der Waals surface area contributed by atoms with E-state index in [-0.39, 0.29) is 31.1 Å². The average molecular weight is 398 g/mol. The summed E-state index contributed by atoms with van der Waals surface area (Å²) in [6.45, 7) is -0.214. The molecule has 0 heterocycles. The van der Waals surface area contributed by atoms with E-state index < -0.39 is 21.7 Å². The van der Waals surface area contributed by atoms with Crippen molar-refractivity contribution in [2.24, 2.45) is 0 Å². The zero-order valence-corrected chi connectivity index (χ0v) is 15.7. The predicted octanol–water partition coefficient (Wildman–Crippen LogP) is 2.10. The smallest absolute Gasteiger partial charge is 0.232 e. The Labute approximate surface area is 156 Å². The summed E-state index contributed by atoms with van der Waals surface area (Å²) in [5.74, 6) is -1.44. The number of sulfonamides is 1. The molecule has 0 unspecified atom stereocenters. The molecule has 0 fully saturated rings. The van der Waals surface area contributed by atoms with Gasteiger partial charge < -0.3 is 10.1 Å². The van der Waals surface area contributed by atoms with Crippen molar-refractivity contribution in [3.63, 3.8) is 0 Å². The number of methoxy groups -OCH3 is 1. The molecule has 0 bridgehead atoms. The third kappa shape index (κ3) is 5.92. The van der Waals surface area contributed by atoms with Crippen LogP contribution in [0.5, 0.6) is 5.75 Å². The third-order valence-electron chi connectivity index (χ3n) is 3.74. The molecular weight excluding hydrogens is 378 g/mol. The van der Waals surface area contributed by atoms with Crippen LogP contribution in [0.1, 0.15) is 5.56 Å². The third-order valence-corrected chi connectivity index (χ3v) is 4.92. The maximum atomic E-state index is 13.9. The van der Waals surface area contributed by atoms with E-state index in [9.17, 15) is 22.0 Å². The van der Waals surface area contributed by atoms with E-state index in [1.165, 1.54) is 0 Å². The highest BCUT2D eigenvalue weighted by Gasteiger charge is 2.21. The minimum atomic E-state index is -3.81. The fraction of sp³-hybridized carbons (Fsp3) is 0.278. The minimum Gasteiger partial charge on any atom is -0.497 e. The van der Waals surface area contributed by atoms with E-state index in [1.807, 2.05) is 0 Å². The van der Waals surface area contributed by atoms with Crippen LogP contribution >= 0.6 is 0 Å². The van der Waals surface area contributed by atoms with Crippen LogP contribution in [0.25, 0.3) is 0 Å². The Bertz CT molecular complexity index is 902. The van der Waals surface area contributed by atoms with Crippen LogP contribution < -0.4 is 14.4 Å². The molecule has 0 aromatic heterocycles. The van der Waals surface area contributed by atoms with Crippen molar-refractivity contribution >= 4 is 21.6 Å². The lowest BCUT2D eigenvalue weighted by Gasteiger charge is -2.23. The normalized spacial score (nSPS) is 11.1. The molecule has 0 saturated carbocycles. The van der Waals surface area contributed by atoms with Gasteiger partial charge in [-0.3, -0.25) is 9.10 Å². The maximum Gasteiger partial charge on any atom is 0.232 e. The van der Waals surface area contributed by atoms with Crippen LogP contribution in [0.4, 0.5) is 14.5 Å². The van der Waals surface area contributed by atoms with E-state index >= 15 is 0 Å². The van der Waals surface area contributed by atoms with E-state index in [4.69, 9.17) is 4.74 Å². The SMILES string of the molecule is COc1ccc(CC(=O)NCCN(c2ccc(F)cc2F)S(C)(=O)=O)cc1. The van der Waals surface area contributed by atoms with Gasteiger partial charge >= 0.3 is 0 Å². The lowest BCUT2D eigenvalue weighted by molar-refractivity contribution is -0.120. The summed E-state index contributed by atoms with van der Waals surface area (Å²) in [6.07, 6.45) is 1.02. The Morgan fingerprint density at radius 1 is 1.15 bits per heavy atom. The first-order valence-corrected chi connectivity index (χ1v) is 9.88. The van der Waals surface area contributed by atoms with Gasteiger partial charge in [-0.05, 0) is 29.8 Å². The highest BCUT2D eigenvalue weighted by atomic mass is 32.2. The molecule has 6 nitrogen and oxygen atoms in total. The van der Waals surface area contributed by atoms with Gasteiger partial charge in [-0.2, -0.15) is 0 Å². The van der Waals surface area contributed by atoms with Gasteiger partial charge in [0.15, 0.2) is 0 Å². The molecular formula is C18H20F2N2O4S. The average Bonchev–Trinajstić information content (AvgIpc) is 2.59. The molecule has 0 saturated heterocycles. The molecule has 0 aliphatic carbocycles. The Morgan fingerprint density at radius 3 is 2.37 bits per heavy atom. The van der Waals surface area contributed by atoms with Crippen molar-refractivity contribution in [2.45, 2.75) is 6.42 Å². The van der Waals surface area contributed by atoms with Gasteiger partial charge in [-0.25, -0.2) is 17.2 Å². The lowest BCUT2D eigenvalue weighted by atomic mass is 10.1. The number of carbonyl (C=O) groups is 1. The van der Waals surface area contributed by atoms with Gasteiger partial charge in [0.05, 0.1) is 32.0 Å². The van der Waals surface area contributed by atoms with Crippen molar-refractivity contribution in [1.29, 1.82) is 0 Å². The second-order valence-corrected chi connectivity index (χ2v) is 7.71. The van der Waals surface area contributed by atoms with E-state index in [0.29, 0.717) is 11.8 Å². The first kappa shape index (κ1) is 20.6. The van der Waals surface area contributed by atoms with Crippen LogP contribution in [0.2, 0.25) is 0 Å². The summed E-state index contributed by atoms with van der Waals surface area (Å²) < 4.78 is 56.7. The molecule has 0 spiro atoms. The fourth-order valence-electron chi connectivity index (χ4n) is 2.44. The summed E-state index contributed by atoms with van der Waals surface area (Å²) in [5.41, 5.74) is 0.487. The maximum absolute atomic E-state index is 13.9. The lowest BCUT2D eigenvalue weighted by Crippen LogP contribution is -2.39. The van der Waals surface area contributed by atoms with Crippen LogP contribution in [0.3, 0.4) is 0 Å². The highest BCUT2D eigenvalue weighted by molar-refractivity contribution is 7.92. The van der Waals surface area contributed by atoms with E-state index in [0.717, 1.165) is 28.3 Å². The first-order valence-electron chi connectivity index (χ1n) is 8.03. The van der Waals surface area contributed by atoms with Gasteiger partial charge in [0.25, 0.3) is 0 Å². The Kier molecular flexibility index (Phi) is 6.73. The predicted molar refractivity (Wildman–Crippen MR) is 98.3 cm³/mol. The number of halogens is 2. The van der Waals surface area contributed by atoms with Crippen molar-refractivity contribution in [1.82, 2.24) is 5.32 Å². The molecule has 0 aliphatic rings. The van der Waals surface area contributed by atoms with Gasteiger partial charge in [0.2, 0.25) is 15.9 Å². The number of nitrogens with one attached hydrogen (secondary N) is 1. The van der Waals surface area contributed by atoms with Crippen molar-refractivity contribution in [3.8, 4) is 5.75 Å². The Morgan fingerprint density at radius 2 is 1.81 bits per heavy atom. The van der Waals surface area contributed by atoms with Gasteiger partial charge in [0.1, 0.15) is 17.4 Å². The number of hydrogen-bond acceptors (Lipinski definition) is 4. The number of benzene rings is 2. The molecule has 2 aromatic rings. The first-order chi connectivity index (χ1) is 12.7. The van der Waals surface area contributed by atoms with Crippen LogP contribution in [-0.2, 0) is 21.2 Å². The summed E-state index contributed by atoms with van der Waals surface area (Å²) in [6, 6.07) is 9.57. The fourth-order valence-corrected chi connectivity index (χ4v) is 3.36. The van der Waals surface area contributed by atoms with Crippen molar-refractivity contribution in [2.75, 3.05) is 30.8 Å². The standard InChI is InChI=1S/C18H20F2N2O4S/c1-26-15-6-3-13(4-7-15)11-18(23)21-9-10-22(27(2,24)25)17-8-5-14(19)12-16(17)20/h3-8,12H,9-11H2,1-2H3,(H,21,23). The number of amides is 1. The molecule has 0 aliphatic heterocycles. The number of carbonyl (C=O) groups excluding carboxylic acids is 1. The summed E-state index contributed by atoms with van der Waals surface area (Å²) in [5, 5.41) is 2.59. The quantitative estimate of drug-likeness (QED) is 0.739. The topological polar surface area (TPSA) is 75.7 Å². The number of rotatable bonds is 8. The molecule has 0 atom stereocenters. The van der Waals surface area contributed by atoms with Gasteiger partial charge in [-0.15, -0.1) is 0 Å². The van der Waals surface area contributed by atoms with Gasteiger partial charge in [-0.1, -0.05) is 12.1 Å². The number of nitrogens with zero attached hydrogens (tertiary/aromatic N) is 1. The molecule has 146 valence electrons. The molecule has 2 rings (SSSR count). The van der Waals surface area contributed by atoms with Crippen LogP contribution in [-0.4, -0.2) is 40.8 Å². The van der Waals surface area contributed by atoms with Crippen LogP contribution in [0, 0.1) is 11.6 Å². The van der Waals surface area contributed by atoms with Crippen LogP contribution in [0.15, 0.2) is 42.5 Å². The highest BCUT2D eigenvalue weighted by Crippen LogP contribution is 2.22.